The lowest BCUT2D eigenvalue weighted by Gasteiger charge is -2.21. The first-order chi connectivity index (χ1) is 10.8. The number of amides is 1. The van der Waals surface area contributed by atoms with Crippen molar-refractivity contribution in [1.29, 1.82) is 0 Å². The highest BCUT2D eigenvalue weighted by Crippen LogP contribution is 2.25. The van der Waals surface area contributed by atoms with E-state index in [2.05, 4.69) is 5.32 Å². The van der Waals surface area contributed by atoms with Gasteiger partial charge in [-0.2, -0.15) is 0 Å². The Morgan fingerprint density at radius 1 is 1.04 bits per heavy atom. The van der Waals surface area contributed by atoms with Crippen LogP contribution in [0.15, 0.2) is 42.5 Å². The third-order valence-corrected chi connectivity index (χ3v) is 3.05. The minimum Gasteiger partial charge on any atom is -0.444 e. The van der Waals surface area contributed by atoms with Crippen LogP contribution in [0.5, 0.6) is 5.75 Å². The van der Waals surface area contributed by atoms with E-state index in [1.165, 1.54) is 0 Å². The first-order valence-corrected chi connectivity index (χ1v) is 7.45. The quantitative estimate of drug-likeness (QED) is 0.693. The van der Waals surface area contributed by atoms with Gasteiger partial charge in [0.25, 0.3) is 0 Å². The van der Waals surface area contributed by atoms with E-state index in [9.17, 15) is 9.59 Å². The fourth-order valence-electron chi connectivity index (χ4n) is 2.02. The number of nitrogens with one attached hydrogen (secondary N) is 1. The summed E-state index contributed by atoms with van der Waals surface area (Å²) in [4.78, 5) is 23.9. The molecule has 0 radical (unpaired) electrons. The molecule has 0 saturated heterocycles. The SMILES string of the molecule is CC(NC(=O)OC(C)(C)C)C(=O)Oc1cccc2ccccc12. The lowest BCUT2D eigenvalue weighted by molar-refractivity contribution is -0.136. The zero-order valence-electron chi connectivity index (χ0n) is 13.8. The molecule has 122 valence electrons. The van der Waals surface area contributed by atoms with Gasteiger partial charge in [-0.3, -0.25) is 0 Å². The van der Waals surface area contributed by atoms with Gasteiger partial charge in [-0.1, -0.05) is 36.4 Å². The number of ether oxygens (including phenoxy) is 2. The molecule has 5 heteroatoms. The second kappa shape index (κ2) is 6.69. The minimum atomic E-state index is -0.816. The number of hydrogen-bond acceptors (Lipinski definition) is 4. The first kappa shape index (κ1) is 16.8. The van der Waals surface area contributed by atoms with Crippen molar-refractivity contribution in [3.63, 3.8) is 0 Å². The number of carbonyl (C=O) groups is 2. The molecular formula is C18H21NO4. The van der Waals surface area contributed by atoms with Gasteiger partial charge in [0.2, 0.25) is 0 Å². The number of benzene rings is 2. The predicted octanol–water partition coefficient (Wildman–Crippen LogP) is 3.66. The van der Waals surface area contributed by atoms with Gasteiger partial charge in [0.1, 0.15) is 17.4 Å². The summed E-state index contributed by atoms with van der Waals surface area (Å²) in [5.74, 6) is -0.0850. The van der Waals surface area contributed by atoms with Gasteiger partial charge in [0.15, 0.2) is 0 Å². The summed E-state index contributed by atoms with van der Waals surface area (Å²) in [7, 11) is 0. The van der Waals surface area contributed by atoms with Crippen LogP contribution < -0.4 is 10.1 Å². The van der Waals surface area contributed by atoms with Crippen molar-refractivity contribution in [1.82, 2.24) is 5.32 Å². The zero-order chi connectivity index (χ0) is 17.0. The van der Waals surface area contributed by atoms with E-state index in [0.717, 1.165) is 10.8 Å². The van der Waals surface area contributed by atoms with E-state index in [4.69, 9.17) is 9.47 Å². The Balaban J connectivity index is 2.04. The van der Waals surface area contributed by atoms with Gasteiger partial charge in [-0.25, -0.2) is 9.59 Å². The smallest absolute Gasteiger partial charge is 0.408 e. The highest BCUT2D eigenvalue weighted by molar-refractivity contribution is 5.91. The third-order valence-electron chi connectivity index (χ3n) is 3.05. The maximum Gasteiger partial charge on any atom is 0.408 e. The standard InChI is InChI=1S/C18H21NO4/c1-12(19-17(21)23-18(2,3)4)16(20)22-15-11-7-9-13-8-5-6-10-14(13)15/h5-12H,1-4H3,(H,19,21). The number of alkyl carbamates (subject to hydrolysis) is 1. The molecule has 23 heavy (non-hydrogen) atoms. The van der Waals surface area contributed by atoms with Crippen LogP contribution >= 0.6 is 0 Å². The average molecular weight is 315 g/mol. The van der Waals surface area contributed by atoms with E-state index >= 15 is 0 Å². The molecule has 1 unspecified atom stereocenters. The van der Waals surface area contributed by atoms with Gasteiger partial charge in [0, 0.05) is 5.39 Å². The molecule has 0 aromatic heterocycles. The Bertz CT molecular complexity index is 713. The number of fused-ring (bicyclic) bond motifs is 1. The second-order valence-electron chi connectivity index (χ2n) is 6.27. The number of hydrogen-bond donors (Lipinski definition) is 1. The van der Waals surface area contributed by atoms with Gasteiger partial charge >= 0.3 is 12.1 Å². The first-order valence-electron chi connectivity index (χ1n) is 7.45. The van der Waals surface area contributed by atoms with Crippen LogP contribution in [0.2, 0.25) is 0 Å². The summed E-state index contributed by atoms with van der Waals surface area (Å²) in [6.07, 6.45) is -0.653. The van der Waals surface area contributed by atoms with Crippen LogP contribution in [-0.4, -0.2) is 23.7 Å². The van der Waals surface area contributed by atoms with E-state index < -0.39 is 23.7 Å². The Kier molecular flexibility index (Phi) is 4.89. The van der Waals surface area contributed by atoms with Crippen LogP contribution in [0.25, 0.3) is 10.8 Å². The fourth-order valence-corrected chi connectivity index (χ4v) is 2.02. The molecule has 0 aliphatic carbocycles. The topological polar surface area (TPSA) is 64.6 Å². The molecule has 2 aromatic carbocycles. The van der Waals surface area contributed by atoms with Crippen LogP contribution in [0.3, 0.4) is 0 Å². The molecular weight excluding hydrogens is 294 g/mol. The maximum absolute atomic E-state index is 12.2. The lowest BCUT2D eigenvalue weighted by Crippen LogP contribution is -2.43. The highest BCUT2D eigenvalue weighted by Gasteiger charge is 2.22. The summed E-state index contributed by atoms with van der Waals surface area (Å²) >= 11 is 0. The van der Waals surface area contributed by atoms with E-state index in [-0.39, 0.29) is 0 Å². The van der Waals surface area contributed by atoms with Gasteiger partial charge in [-0.05, 0) is 39.1 Å². The molecule has 0 aliphatic rings. The van der Waals surface area contributed by atoms with Crippen molar-refractivity contribution in [2.75, 3.05) is 0 Å². The van der Waals surface area contributed by atoms with E-state index in [0.29, 0.717) is 5.75 Å². The summed E-state index contributed by atoms with van der Waals surface area (Å²) in [6.45, 7) is 6.82. The molecule has 0 spiro atoms. The molecule has 0 aliphatic heterocycles. The average Bonchev–Trinajstić information content (AvgIpc) is 2.45. The van der Waals surface area contributed by atoms with Crippen LogP contribution in [0.1, 0.15) is 27.7 Å². The van der Waals surface area contributed by atoms with E-state index in [1.54, 1.807) is 33.8 Å². The van der Waals surface area contributed by atoms with Crippen LogP contribution in [0, 0.1) is 0 Å². The number of carbonyl (C=O) groups excluding carboxylic acids is 2. The summed E-state index contributed by atoms with van der Waals surface area (Å²) in [5.41, 5.74) is -0.622. The summed E-state index contributed by atoms with van der Waals surface area (Å²) in [5, 5.41) is 4.29. The third kappa shape index (κ3) is 4.71. The molecule has 1 amide bonds. The van der Waals surface area contributed by atoms with Crippen LogP contribution in [0.4, 0.5) is 4.79 Å². The lowest BCUT2D eigenvalue weighted by atomic mass is 10.1. The Morgan fingerprint density at radius 2 is 1.70 bits per heavy atom. The fraction of sp³-hybridized carbons (Fsp3) is 0.333. The maximum atomic E-state index is 12.2. The van der Waals surface area contributed by atoms with Crippen molar-refractivity contribution in [2.24, 2.45) is 0 Å². The largest absolute Gasteiger partial charge is 0.444 e. The summed E-state index contributed by atoms with van der Waals surface area (Å²) < 4.78 is 10.5. The summed E-state index contributed by atoms with van der Waals surface area (Å²) in [6, 6.07) is 12.3. The molecule has 2 aromatic rings. The number of esters is 1. The number of rotatable bonds is 3. The Hall–Kier alpha value is -2.56. The molecule has 2 rings (SSSR count). The van der Waals surface area contributed by atoms with E-state index in [1.807, 2.05) is 36.4 Å². The minimum absolute atomic E-state index is 0.464. The predicted molar refractivity (Wildman–Crippen MR) is 88.4 cm³/mol. The van der Waals surface area contributed by atoms with Crippen molar-refractivity contribution in [2.45, 2.75) is 39.3 Å². The van der Waals surface area contributed by atoms with Crippen molar-refractivity contribution < 1.29 is 19.1 Å². The molecule has 0 saturated carbocycles. The normalized spacial score (nSPS) is 12.5. The Labute approximate surface area is 135 Å². The van der Waals surface area contributed by atoms with Crippen LogP contribution in [-0.2, 0) is 9.53 Å². The van der Waals surface area contributed by atoms with Gasteiger partial charge < -0.3 is 14.8 Å². The van der Waals surface area contributed by atoms with Gasteiger partial charge in [0.05, 0.1) is 0 Å². The second-order valence-corrected chi connectivity index (χ2v) is 6.27. The monoisotopic (exact) mass is 315 g/mol. The zero-order valence-corrected chi connectivity index (χ0v) is 13.8. The molecule has 1 atom stereocenters. The van der Waals surface area contributed by atoms with Crippen molar-refractivity contribution in [3.05, 3.63) is 42.5 Å². The molecule has 0 fully saturated rings. The molecule has 0 bridgehead atoms. The Morgan fingerprint density at radius 3 is 2.39 bits per heavy atom. The van der Waals surface area contributed by atoms with Crippen molar-refractivity contribution in [3.8, 4) is 5.75 Å². The molecule has 5 nitrogen and oxygen atoms in total. The molecule has 1 N–H and O–H groups in total. The molecule has 0 heterocycles. The van der Waals surface area contributed by atoms with Gasteiger partial charge in [-0.15, -0.1) is 0 Å². The van der Waals surface area contributed by atoms with Crippen molar-refractivity contribution >= 4 is 22.8 Å². The highest BCUT2D eigenvalue weighted by atomic mass is 16.6.